The highest BCUT2D eigenvalue weighted by Crippen LogP contribution is 2.26. The summed E-state index contributed by atoms with van der Waals surface area (Å²) in [5.74, 6) is 1.08. The van der Waals surface area contributed by atoms with Crippen molar-refractivity contribution in [2.75, 3.05) is 11.9 Å². The van der Waals surface area contributed by atoms with Crippen molar-refractivity contribution in [2.45, 2.75) is 6.92 Å². The topological polar surface area (TPSA) is 64.4 Å². The maximum atomic E-state index is 12.5. The number of para-hydroxylation sites is 2. The van der Waals surface area contributed by atoms with Crippen molar-refractivity contribution < 1.29 is 13.9 Å². The Hall–Kier alpha value is -3.60. The van der Waals surface area contributed by atoms with E-state index in [1.807, 2.05) is 55.5 Å². The van der Waals surface area contributed by atoms with Crippen LogP contribution < -0.4 is 10.1 Å². The monoisotopic (exact) mass is 358 g/mol. The van der Waals surface area contributed by atoms with E-state index in [4.69, 9.17) is 9.15 Å². The van der Waals surface area contributed by atoms with Crippen molar-refractivity contribution in [1.82, 2.24) is 4.98 Å². The van der Waals surface area contributed by atoms with Gasteiger partial charge in [0, 0.05) is 16.8 Å². The maximum absolute atomic E-state index is 12.5. The minimum absolute atomic E-state index is 0.187. The summed E-state index contributed by atoms with van der Waals surface area (Å²) in [6, 6.07) is 22.1. The minimum Gasteiger partial charge on any atom is -0.494 e. The van der Waals surface area contributed by atoms with Crippen LogP contribution in [0.15, 0.2) is 77.2 Å². The number of rotatable bonds is 5. The maximum Gasteiger partial charge on any atom is 0.255 e. The van der Waals surface area contributed by atoms with Crippen molar-refractivity contribution in [1.29, 1.82) is 0 Å². The highest BCUT2D eigenvalue weighted by Gasteiger charge is 2.10. The Morgan fingerprint density at radius 2 is 1.85 bits per heavy atom. The van der Waals surface area contributed by atoms with Gasteiger partial charge < -0.3 is 14.5 Å². The molecule has 0 unspecified atom stereocenters. The van der Waals surface area contributed by atoms with Crippen LogP contribution in [0.5, 0.6) is 5.75 Å². The van der Waals surface area contributed by atoms with E-state index >= 15 is 0 Å². The average Bonchev–Trinajstić information content (AvgIpc) is 3.13. The number of nitrogens with one attached hydrogen (secondary N) is 1. The van der Waals surface area contributed by atoms with E-state index < -0.39 is 0 Å². The molecule has 0 aliphatic rings. The molecule has 1 heterocycles. The first-order chi connectivity index (χ1) is 13.2. The fourth-order valence-corrected chi connectivity index (χ4v) is 2.80. The number of hydrogen-bond donors (Lipinski definition) is 1. The SMILES string of the molecule is CCOc1ccc(C(=O)Nc2cccc(-c3nc4ccccc4o3)c2)cc1. The summed E-state index contributed by atoms with van der Waals surface area (Å²) in [4.78, 5) is 17.0. The van der Waals surface area contributed by atoms with Crippen LogP contribution in [-0.2, 0) is 0 Å². The number of carbonyl (C=O) groups excluding carboxylic acids is 1. The van der Waals surface area contributed by atoms with Crippen LogP contribution in [0.4, 0.5) is 5.69 Å². The lowest BCUT2D eigenvalue weighted by Crippen LogP contribution is -2.11. The van der Waals surface area contributed by atoms with E-state index in [2.05, 4.69) is 10.3 Å². The zero-order valence-electron chi connectivity index (χ0n) is 14.8. The van der Waals surface area contributed by atoms with Gasteiger partial charge in [-0.25, -0.2) is 4.98 Å². The standard InChI is InChI=1S/C22H18N2O3/c1-2-26-18-12-10-15(11-13-18)21(25)23-17-7-5-6-16(14-17)22-24-19-8-3-4-9-20(19)27-22/h3-14H,2H2,1H3,(H,23,25). The number of hydrogen-bond acceptors (Lipinski definition) is 4. The predicted octanol–water partition coefficient (Wildman–Crippen LogP) is 5.15. The molecule has 5 heteroatoms. The van der Waals surface area contributed by atoms with Gasteiger partial charge in [-0.3, -0.25) is 4.79 Å². The highest BCUT2D eigenvalue weighted by atomic mass is 16.5. The molecule has 27 heavy (non-hydrogen) atoms. The summed E-state index contributed by atoms with van der Waals surface area (Å²) >= 11 is 0. The minimum atomic E-state index is -0.187. The molecular formula is C22H18N2O3. The lowest BCUT2D eigenvalue weighted by molar-refractivity contribution is 0.102. The van der Waals surface area contributed by atoms with Gasteiger partial charge in [-0.2, -0.15) is 0 Å². The first-order valence-electron chi connectivity index (χ1n) is 8.73. The molecule has 4 rings (SSSR count). The summed E-state index contributed by atoms with van der Waals surface area (Å²) < 4.78 is 11.2. The van der Waals surface area contributed by atoms with Crippen LogP contribution in [-0.4, -0.2) is 17.5 Å². The van der Waals surface area contributed by atoms with Gasteiger partial charge in [0.15, 0.2) is 5.58 Å². The Balaban J connectivity index is 1.54. The predicted molar refractivity (Wildman–Crippen MR) is 105 cm³/mol. The Morgan fingerprint density at radius 3 is 2.63 bits per heavy atom. The van der Waals surface area contributed by atoms with Crippen LogP contribution in [0.1, 0.15) is 17.3 Å². The van der Waals surface area contributed by atoms with E-state index in [9.17, 15) is 4.79 Å². The van der Waals surface area contributed by atoms with Crippen molar-refractivity contribution in [3.05, 3.63) is 78.4 Å². The third kappa shape index (κ3) is 3.67. The Morgan fingerprint density at radius 1 is 1.04 bits per heavy atom. The van der Waals surface area contributed by atoms with E-state index in [-0.39, 0.29) is 5.91 Å². The quantitative estimate of drug-likeness (QED) is 0.536. The van der Waals surface area contributed by atoms with Crippen LogP contribution in [0.2, 0.25) is 0 Å². The van der Waals surface area contributed by atoms with Gasteiger partial charge in [0.1, 0.15) is 11.3 Å². The summed E-state index contributed by atoms with van der Waals surface area (Å²) in [5, 5.41) is 2.90. The highest BCUT2D eigenvalue weighted by molar-refractivity contribution is 6.04. The summed E-state index contributed by atoms with van der Waals surface area (Å²) in [6.07, 6.45) is 0. The molecule has 0 bridgehead atoms. The number of oxazole rings is 1. The van der Waals surface area contributed by atoms with Gasteiger partial charge in [-0.05, 0) is 61.5 Å². The van der Waals surface area contributed by atoms with Gasteiger partial charge >= 0.3 is 0 Å². The van der Waals surface area contributed by atoms with Crippen LogP contribution in [0.3, 0.4) is 0 Å². The third-order valence-corrected chi connectivity index (χ3v) is 4.09. The second-order valence-corrected chi connectivity index (χ2v) is 5.98. The van der Waals surface area contributed by atoms with Gasteiger partial charge in [0.05, 0.1) is 6.61 Å². The Bertz CT molecular complexity index is 1050. The summed E-state index contributed by atoms with van der Waals surface area (Å²) in [5.41, 5.74) is 3.57. The van der Waals surface area contributed by atoms with Crippen molar-refractivity contribution in [2.24, 2.45) is 0 Å². The zero-order chi connectivity index (χ0) is 18.6. The smallest absolute Gasteiger partial charge is 0.255 e. The molecule has 0 radical (unpaired) electrons. The van der Waals surface area contributed by atoms with E-state index in [1.165, 1.54) is 0 Å². The van der Waals surface area contributed by atoms with Gasteiger partial charge in [0.25, 0.3) is 5.91 Å². The van der Waals surface area contributed by atoms with Crippen LogP contribution >= 0.6 is 0 Å². The molecule has 1 aromatic heterocycles. The van der Waals surface area contributed by atoms with Gasteiger partial charge in [-0.1, -0.05) is 18.2 Å². The molecule has 1 amide bonds. The number of nitrogens with zero attached hydrogens (tertiary/aromatic N) is 1. The number of benzene rings is 3. The number of carbonyl (C=O) groups is 1. The Labute approximate surface area is 156 Å². The molecule has 5 nitrogen and oxygen atoms in total. The summed E-state index contributed by atoms with van der Waals surface area (Å²) in [7, 11) is 0. The lowest BCUT2D eigenvalue weighted by Gasteiger charge is -2.07. The first-order valence-corrected chi connectivity index (χ1v) is 8.73. The molecule has 0 spiro atoms. The molecule has 1 N–H and O–H groups in total. The van der Waals surface area contributed by atoms with Crippen molar-refractivity contribution in [3.63, 3.8) is 0 Å². The molecule has 0 aliphatic carbocycles. The molecule has 4 aromatic rings. The normalized spacial score (nSPS) is 10.7. The molecule has 0 saturated carbocycles. The number of ether oxygens (including phenoxy) is 1. The average molecular weight is 358 g/mol. The zero-order valence-corrected chi connectivity index (χ0v) is 14.8. The van der Waals surface area contributed by atoms with E-state index in [0.717, 1.165) is 22.4 Å². The molecule has 0 fully saturated rings. The third-order valence-electron chi connectivity index (χ3n) is 4.09. The molecule has 3 aromatic carbocycles. The van der Waals surface area contributed by atoms with Crippen molar-refractivity contribution >= 4 is 22.7 Å². The fraction of sp³-hybridized carbons (Fsp3) is 0.0909. The number of fused-ring (bicyclic) bond motifs is 1. The second kappa shape index (κ2) is 7.33. The second-order valence-electron chi connectivity index (χ2n) is 5.98. The molecule has 134 valence electrons. The number of amides is 1. The summed E-state index contributed by atoms with van der Waals surface area (Å²) in [6.45, 7) is 2.51. The van der Waals surface area contributed by atoms with E-state index in [0.29, 0.717) is 23.7 Å². The van der Waals surface area contributed by atoms with Gasteiger partial charge in [0.2, 0.25) is 5.89 Å². The Kier molecular flexibility index (Phi) is 4.58. The van der Waals surface area contributed by atoms with Crippen molar-refractivity contribution in [3.8, 4) is 17.2 Å². The number of anilines is 1. The molecule has 0 saturated heterocycles. The van der Waals surface area contributed by atoms with Gasteiger partial charge in [-0.15, -0.1) is 0 Å². The lowest BCUT2D eigenvalue weighted by atomic mass is 10.1. The van der Waals surface area contributed by atoms with E-state index in [1.54, 1.807) is 24.3 Å². The van der Waals surface area contributed by atoms with Crippen LogP contribution in [0, 0.1) is 0 Å². The molecule has 0 aliphatic heterocycles. The molecular weight excluding hydrogens is 340 g/mol. The largest absolute Gasteiger partial charge is 0.494 e. The first kappa shape index (κ1) is 16.8. The molecule has 0 atom stereocenters. The number of aromatic nitrogens is 1. The van der Waals surface area contributed by atoms with Crippen LogP contribution in [0.25, 0.3) is 22.6 Å². The fourth-order valence-electron chi connectivity index (χ4n) is 2.80.